The van der Waals surface area contributed by atoms with Gasteiger partial charge in [-0.15, -0.1) is 0 Å². The van der Waals surface area contributed by atoms with E-state index in [9.17, 15) is 9.59 Å². The number of anilines is 1. The minimum atomic E-state index is -0.415. The van der Waals surface area contributed by atoms with Crippen LogP contribution in [0.1, 0.15) is 70.4 Å². The first kappa shape index (κ1) is 24.1. The van der Waals surface area contributed by atoms with Gasteiger partial charge in [-0.25, -0.2) is 15.3 Å². The van der Waals surface area contributed by atoms with Crippen molar-refractivity contribution in [3.63, 3.8) is 0 Å². The second-order valence-electron chi connectivity index (χ2n) is 8.51. The molecule has 2 amide bonds. The molecular formula is C23H35N5O4. The molecule has 9 heteroatoms. The van der Waals surface area contributed by atoms with Gasteiger partial charge < -0.3 is 15.4 Å². The van der Waals surface area contributed by atoms with E-state index in [2.05, 4.69) is 26.1 Å². The first-order chi connectivity index (χ1) is 15.6. The van der Waals surface area contributed by atoms with Crippen molar-refractivity contribution >= 4 is 23.7 Å². The van der Waals surface area contributed by atoms with Crippen molar-refractivity contribution in [3.8, 4) is 0 Å². The largest absolute Gasteiger partial charge is 0.357 e. The molecule has 2 aliphatic rings. The maximum atomic E-state index is 12.4. The maximum absolute atomic E-state index is 12.4. The number of amides is 2. The third-order valence-electron chi connectivity index (χ3n) is 5.80. The van der Waals surface area contributed by atoms with E-state index in [-0.39, 0.29) is 5.91 Å². The highest BCUT2D eigenvalue weighted by Crippen LogP contribution is 2.22. The summed E-state index contributed by atoms with van der Waals surface area (Å²) in [4.78, 5) is 38.0. The quantitative estimate of drug-likeness (QED) is 0.304. The average molecular weight is 446 g/mol. The zero-order valence-corrected chi connectivity index (χ0v) is 18.8. The van der Waals surface area contributed by atoms with Crippen LogP contribution < -0.4 is 16.1 Å². The molecule has 1 aliphatic heterocycles. The number of ether oxygens (including phenoxy) is 1. The van der Waals surface area contributed by atoms with Crippen molar-refractivity contribution in [2.45, 2.75) is 77.0 Å². The normalized spacial score (nSPS) is 21.0. The second kappa shape index (κ2) is 13.1. The molecule has 32 heavy (non-hydrogen) atoms. The fourth-order valence-electron chi connectivity index (χ4n) is 3.88. The summed E-state index contributed by atoms with van der Waals surface area (Å²) in [7, 11) is 0. The number of hydroxylamine groups is 1. The zero-order chi connectivity index (χ0) is 22.6. The van der Waals surface area contributed by atoms with Crippen LogP contribution in [-0.4, -0.2) is 47.3 Å². The molecule has 1 saturated heterocycles. The van der Waals surface area contributed by atoms with Gasteiger partial charge in [0, 0.05) is 25.6 Å². The monoisotopic (exact) mass is 445 g/mol. The van der Waals surface area contributed by atoms with Crippen LogP contribution in [0.2, 0.25) is 0 Å². The Balaban J connectivity index is 1.37. The first-order valence-corrected chi connectivity index (χ1v) is 11.7. The van der Waals surface area contributed by atoms with Crippen LogP contribution in [-0.2, 0) is 19.2 Å². The molecule has 1 aliphatic carbocycles. The van der Waals surface area contributed by atoms with E-state index in [1.807, 2.05) is 0 Å². The van der Waals surface area contributed by atoms with E-state index in [1.54, 1.807) is 19.2 Å². The van der Waals surface area contributed by atoms with Gasteiger partial charge in [0.05, 0.1) is 18.1 Å². The van der Waals surface area contributed by atoms with Crippen LogP contribution >= 0.6 is 0 Å². The van der Waals surface area contributed by atoms with Gasteiger partial charge >= 0.3 is 0 Å². The van der Waals surface area contributed by atoms with Crippen molar-refractivity contribution < 1.29 is 19.2 Å². The average Bonchev–Trinajstić information content (AvgIpc) is 3.10. The van der Waals surface area contributed by atoms with Gasteiger partial charge in [0.25, 0.3) is 5.91 Å². The molecule has 176 valence electrons. The molecule has 3 N–H and O–H groups in total. The molecule has 2 heterocycles. The second-order valence-corrected chi connectivity index (χ2v) is 8.51. The highest BCUT2D eigenvalue weighted by atomic mass is 16.8. The van der Waals surface area contributed by atoms with Crippen molar-refractivity contribution in [2.75, 3.05) is 18.5 Å². The van der Waals surface area contributed by atoms with Gasteiger partial charge in [-0.05, 0) is 44.6 Å². The van der Waals surface area contributed by atoms with Gasteiger partial charge in [-0.3, -0.25) is 14.6 Å². The summed E-state index contributed by atoms with van der Waals surface area (Å²) in [6, 6.07) is -0.415. The van der Waals surface area contributed by atoms with E-state index in [0.29, 0.717) is 24.0 Å². The highest BCUT2D eigenvalue weighted by Gasteiger charge is 2.17. The molecule has 1 saturated carbocycles. The zero-order valence-electron chi connectivity index (χ0n) is 18.8. The molecule has 1 aromatic heterocycles. The van der Waals surface area contributed by atoms with Crippen molar-refractivity contribution in [3.05, 3.63) is 24.2 Å². The Labute approximate surface area is 189 Å². The summed E-state index contributed by atoms with van der Waals surface area (Å²) in [5.74, 6) is 0.638. The van der Waals surface area contributed by atoms with Crippen molar-refractivity contribution in [1.29, 1.82) is 0 Å². The number of hydrogen-bond acceptors (Lipinski definition) is 7. The van der Waals surface area contributed by atoms with Gasteiger partial charge in [-0.1, -0.05) is 25.7 Å². The minimum Gasteiger partial charge on any atom is -0.357 e. The van der Waals surface area contributed by atoms with Crippen LogP contribution in [0.4, 0.5) is 5.82 Å². The number of nitrogens with one attached hydrogen (secondary N) is 3. The Morgan fingerprint density at radius 3 is 2.59 bits per heavy atom. The molecule has 2 fully saturated rings. The number of hydrogen-bond donors (Lipinski definition) is 3. The minimum absolute atomic E-state index is 0.0429. The number of carbonyl (C=O) groups is 2. The Bertz CT molecular complexity index is 741. The standard InChI is InChI=1S/C23H35N5O4/c1-17(23(30)26-14-18-8-4-2-3-5-9-18)27-20-16-24-19(15-25-20)11-12-21(29)28-32-22-10-6-7-13-31-22/h11-12,15-18,22H,2-10,13-14H2,1H3,(H,25,27)(H,26,30)(H,28,29)/b12-11+/t17-,22?/m1/s1. The molecular weight excluding hydrogens is 410 g/mol. The van der Waals surface area contributed by atoms with Crippen LogP contribution in [0.5, 0.6) is 0 Å². The predicted molar refractivity (Wildman–Crippen MR) is 121 cm³/mol. The topological polar surface area (TPSA) is 114 Å². The maximum Gasteiger partial charge on any atom is 0.267 e. The van der Waals surface area contributed by atoms with Crippen molar-refractivity contribution in [1.82, 2.24) is 20.8 Å². The van der Waals surface area contributed by atoms with E-state index in [0.717, 1.165) is 25.8 Å². The highest BCUT2D eigenvalue weighted by molar-refractivity contribution is 5.90. The molecule has 9 nitrogen and oxygen atoms in total. The molecule has 2 atom stereocenters. The molecule has 0 radical (unpaired) electrons. The first-order valence-electron chi connectivity index (χ1n) is 11.7. The summed E-state index contributed by atoms with van der Waals surface area (Å²) in [5, 5.41) is 6.12. The lowest BCUT2D eigenvalue weighted by atomic mass is 10.0. The third-order valence-corrected chi connectivity index (χ3v) is 5.80. The van der Waals surface area contributed by atoms with Crippen LogP contribution in [0.25, 0.3) is 6.08 Å². The number of rotatable bonds is 9. The summed E-state index contributed by atoms with van der Waals surface area (Å²) >= 11 is 0. The predicted octanol–water partition coefficient (Wildman–Crippen LogP) is 2.95. The molecule has 0 bridgehead atoms. The van der Waals surface area contributed by atoms with Gasteiger partial charge in [-0.2, -0.15) is 0 Å². The van der Waals surface area contributed by atoms with Crippen LogP contribution in [0.3, 0.4) is 0 Å². The van der Waals surface area contributed by atoms with E-state index < -0.39 is 18.2 Å². The SMILES string of the molecule is C[C@@H](Nc1cnc(/C=C/C(=O)NOC2CCCCO2)cn1)C(=O)NCC1CCCCCC1. The van der Waals surface area contributed by atoms with Crippen molar-refractivity contribution in [2.24, 2.45) is 5.92 Å². The van der Waals surface area contributed by atoms with Gasteiger partial charge in [0.1, 0.15) is 11.9 Å². The summed E-state index contributed by atoms with van der Waals surface area (Å²) in [5.41, 5.74) is 2.87. The fraction of sp³-hybridized carbons (Fsp3) is 0.652. The van der Waals surface area contributed by atoms with Crippen LogP contribution in [0, 0.1) is 5.92 Å². The molecule has 1 unspecified atom stereocenters. The molecule has 1 aromatic rings. The van der Waals surface area contributed by atoms with E-state index in [1.165, 1.54) is 50.8 Å². The molecule has 3 rings (SSSR count). The lowest BCUT2D eigenvalue weighted by molar-refractivity contribution is -0.198. The number of carbonyl (C=O) groups excluding carboxylic acids is 2. The summed E-state index contributed by atoms with van der Waals surface area (Å²) in [6.45, 7) is 3.18. The number of nitrogens with zero attached hydrogens (tertiary/aromatic N) is 2. The van der Waals surface area contributed by atoms with E-state index in [4.69, 9.17) is 9.57 Å². The lowest BCUT2D eigenvalue weighted by Crippen LogP contribution is -2.40. The Morgan fingerprint density at radius 2 is 1.91 bits per heavy atom. The Hall–Kier alpha value is -2.52. The fourth-order valence-corrected chi connectivity index (χ4v) is 3.88. The van der Waals surface area contributed by atoms with Gasteiger partial charge in [0.15, 0.2) is 6.29 Å². The molecule has 0 spiro atoms. The van der Waals surface area contributed by atoms with Gasteiger partial charge in [0.2, 0.25) is 5.91 Å². The summed E-state index contributed by atoms with van der Waals surface area (Å²) in [6.07, 6.45) is 15.9. The van der Waals surface area contributed by atoms with Crippen LogP contribution in [0.15, 0.2) is 18.5 Å². The Morgan fingerprint density at radius 1 is 1.12 bits per heavy atom. The summed E-state index contributed by atoms with van der Waals surface area (Å²) < 4.78 is 5.38. The molecule has 0 aromatic carbocycles. The Kier molecular flexibility index (Phi) is 9.90. The van der Waals surface area contributed by atoms with E-state index >= 15 is 0 Å². The number of aromatic nitrogens is 2. The lowest BCUT2D eigenvalue weighted by Gasteiger charge is -2.21. The third kappa shape index (κ3) is 8.55. The smallest absolute Gasteiger partial charge is 0.267 e.